The Morgan fingerprint density at radius 3 is 2.42 bits per heavy atom. The van der Waals surface area contributed by atoms with Gasteiger partial charge in [-0.1, -0.05) is 66.5 Å². The lowest BCUT2D eigenvalue weighted by atomic mass is 9.47. The maximum absolute atomic E-state index is 10.4. The molecule has 4 rings (SSSR count). The number of aliphatic hydroxyl groups excluding tert-OH is 2. The number of rotatable bonds is 4. The molecule has 0 aromatic carbocycles. The predicted octanol–water partition coefficient (Wildman–Crippen LogP) is 7.53. The Balaban J connectivity index is 0.00000132. The van der Waals surface area contributed by atoms with Gasteiger partial charge in [-0.25, -0.2) is 0 Å². The van der Waals surface area contributed by atoms with Crippen LogP contribution in [0.15, 0.2) is 11.6 Å². The molecule has 4 aliphatic carbocycles. The Bertz CT molecular complexity index is 631. The highest BCUT2D eigenvalue weighted by Gasteiger charge is 2.58. The minimum Gasteiger partial charge on any atom is -0.393 e. The number of aliphatic hydroxyl groups is 2. The fraction of sp³-hybridized carbons (Fsp3) is 0.931. The minimum atomic E-state index is -0.174. The van der Waals surface area contributed by atoms with Gasteiger partial charge in [0, 0.05) is 0 Å². The van der Waals surface area contributed by atoms with Gasteiger partial charge in [-0.2, -0.15) is 0 Å². The zero-order valence-electron chi connectivity index (χ0n) is 21.7. The van der Waals surface area contributed by atoms with E-state index in [1.54, 1.807) is 5.57 Å². The number of hydrogen-bond acceptors (Lipinski definition) is 2. The van der Waals surface area contributed by atoms with Crippen molar-refractivity contribution in [2.45, 2.75) is 131 Å². The lowest BCUT2D eigenvalue weighted by Gasteiger charge is -2.58. The highest BCUT2D eigenvalue weighted by molar-refractivity contribution is 5.25. The van der Waals surface area contributed by atoms with Crippen LogP contribution in [0.25, 0.3) is 0 Å². The molecule has 3 fully saturated rings. The summed E-state index contributed by atoms with van der Waals surface area (Å²) in [6.45, 7) is 15.6. The van der Waals surface area contributed by atoms with Crippen molar-refractivity contribution >= 4 is 0 Å². The Labute approximate surface area is 193 Å². The molecule has 0 bridgehead atoms. The molecule has 0 radical (unpaired) electrons. The topological polar surface area (TPSA) is 40.5 Å². The van der Waals surface area contributed by atoms with Crippen molar-refractivity contribution in [3.05, 3.63) is 11.6 Å². The molecule has 3 saturated carbocycles. The monoisotopic (exact) mass is 432 g/mol. The summed E-state index contributed by atoms with van der Waals surface area (Å²) in [5.41, 5.74) is 2.48. The fourth-order valence-electron chi connectivity index (χ4n) is 8.22. The van der Waals surface area contributed by atoms with Gasteiger partial charge in [0.2, 0.25) is 0 Å². The van der Waals surface area contributed by atoms with Crippen LogP contribution in [0.2, 0.25) is 0 Å². The Morgan fingerprint density at radius 2 is 1.74 bits per heavy atom. The molecule has 0 amide bonds. The van der Waals surface area contributed by atoms with Crippen LogP contribution >= 0.6 is 0 Å². The van der Waals surface area contributed by atoms with Gasteiger partial charge in [0.25, 0.3) is 0 Å². The minimum absolute atomic E-state index is 0.00926. The normalized spacial score (nSPS) is 43.0. The Kier molecular flexibility index (Phi) is 7.74. The van der Waals surface area contributed by atoms with Crippen molar-refractivity contribution < 1.29 is 10.2 Å². The largest absolute Gasteiger partial charge is 0.393 e. The molecule has 0 heterocycles. The summed E-state index contributed by atoms with van der Waals surface area (Å²) < 4.78 is 0. The zero-order chi connectivity index (χ0) is 23.0. The zero-order valence-corrected chi connectivity index (χ0v) is 21.7. The first-order valence-electron chi connectivity index (χ1n) is 13.6. The van der Waals surface area contributed by atoms with E-state index in [4.69, 9.17) is 0 Å². The molecular weight excluding hydrogens is 380 g/mol. The van der Waals surface area contributed by atoms with Gasteiger partial charge in [0.05, 0.1) is 12.2 Å². The number of fused-ring (bicyclic) bond motifs is 5. The van der Waals surface area contributed by atoms with Crippen molar-refractivity contribution in [3.8, 4) is 0 Å². The summed E-state index contributed by atoms with van der Waals surface area (Å²) in [7, 11) is 0. The molecule has 6 unspecified atom stereocenters. The lowest BCUT2D eigenvalue weighted by molar-refractivity contribution is -0.0514. The number of hydrogen-bond donors (Lipinski definition) is 2. The van der Waals surface area contributed by atoms with E-state index in [0.717, 1.165) is 42.9 Å². The second-order valence-electron chi connectivity index (χ2n) is 12.8. The summed E-state index contributed by atoms with van der Waals surface area (Å²) in [5.74, 6) is 3.45. The first kappa shape index (κ1) is 25.3. The SMILES string of the molecule is CC.CC12CCC(O)CC1=CCC1C2CCC2(C)C1CC[C@@H]2CCC[C@@H](O)C(C)(C)C. The third kappa shape index (κ3) is 4.68. The third-order valence-electron chi connectivity index (χ3n) is 10.3. The van der Waals surface area contributed by atoms with Crippen LogP contribution in [0.3, 0.4) is 0 Å². The average Bonchev–Trinajstić information content (AvgIpc) is 3.06. The molecule has 0 aliphatic heterocycles. The fourth-order valence-corrected chi connectivity index (χ4v) is 8.22. The molecule has 2 nitrogen and oxygen atoms in total. The summed E-state index contributed by atoms with van der Waals surface area (Å²) in [6, 6.07) is 0. The van der Waals surface area contributed by atoms with E-state index in [2.05, 4.69) is 40.7 Å². The van der Waals surface area contributed by atoms with E-state index in [1.165, 1.54) is 51.4 Å². The predicted molar refractivity (Wildman–Crippen MR) is 132 cm³/mol. The first-order chi connectivity index (χ1) is 14.6. The molecule has 4 aliphatic rings. The van der Waals surface area contributed by atoms with Gasteiger partial charge in [-0.15, -0.1) is 0 Å². The van der Waals surface area contributed by atoms with Crippen LogP contribution in [0.1, 0.15) is 119 Å². The highest BCUT2D eigenvalue weighted by Crippen LogP contribution is 2.66. The van der Waals surface area contributed by atoms with Gasteiger partial charge < -0.3 is 10.2 Å². The van der Waals surface area contributed by atoms with Crippen molar-refractivity contribution in [1.29, 1.82) is 0 Å². The second-order valence-corrected chi connectivity index (χ2v) is 12.8. The molecule has 2 N–H and O–H groups in total. The molecular formula is C29H52O2. The van der Waals surface area contributed by atoms with Crippen molar-refractivity contribution in [2.75, 3.05) is 0 Å². The third-order valence-corrected chi connectivity index (χ3v) is 10.3. The molecule has 8 atom stereocenters. The molecule has 0 aromatic rings. The molecule has 180 valence electrons. The Morgan fingerprint density at radius 1 is 1.03 bits per heavy atom. The van der Waals surface area contributed by atoms with Crippen LogP contribution in [0.5, 0.6) is 0 Å². The van der Waals surface area contributed by atoms with Gasteiger partial charge in [-0.3, -0.25) is 0 Å². The van der Waals surface area contributed by atoms with E-state index >= 15 is 0 Å². The summed E-state index contributed by atoms with van der Waals surface area (Å²) >= 11 is 0. The standard InChI is InChI=1S/C27H46O2.C2H6/c1-25(2,3)24(29)8-6-7-18-10-12-22-21-11-9-19-17-20(28)13-15-27(19,5)23(21)14-16-26(18,22)4;1-2/h9,18,20-24,28-29H,6-8,10-17H2,1-5H3;1-2H3/t18-,20?,21?,22?,23?,24+,26?,27?;/m0./s1. The quantitative estimate of drug-likeness (QED) is 0.451. The van der Waals surface area contributed by atoms with E-state index in [-0.39, 0.29) is 17.6 Å². The van der Waals surface area contributed by atoms with Gasteiger partial charge in [0.1, 0.15) is 0 Å². The van der Waals surface area contributed by atoms with Gasteiger partial charge in [-0.05, 0) is 104 Å². The van der Waals surface area contributed by atoms with Gasteiger partial charge >= 0.3 is 0 Å². The molecule has 31 heavy (non-hydrogen) atoms. The molecule has 0 saturated heterocycles. The number of allylic oxidation sites excluding steroid dienone is 1. The summed E-state index contributed by atoms with van der Waals surface area (Å²) in [6.07, 6.45) is 15.7. The second kappa shape index (κ2) is 9.49. The smallest absolute Gasteiger partial charge is 0.0588 e. The van der Waals surface area contributed by atoms with Crippen molar-refractivity contribution in [1.82, 2.24) is 0 Å². The highest BCUT2D eigenvalue weighted by atomic mass is 16.3. The average molecular weight is 433 g/mol. The van der Waals surface area contributed by atoms with Crippen LogP contribution in [-0.2, 0) is 0 Å². The van der Waals surface area contributed by atoms with E-state index in [9.17, 15) is 10.2 Å². The van der Waals surface area contributed by atoms with E-state index in [1.807, 2.05) is 13.8 Å². The maximum atomic E-state index is 10.4. The molecule has 0 spiro atoms. The van der Waals surface area contributed by atoms with Crippen molar-refractivity contribution in [3.63, 3.8) is 0 Å². The van der Waals surface area contributed by atoms with Crippen LogP contribution in [-0.4, -0.2) is 22.4 Å². The van der Waals surface area contributed by atoms with E-state index in [0.29, 0.717) is 10.8 Å². The molecule has 2 heteroatoms. The Hall–Kier alpha value is -0.340. The lowest BCUT2D eigenvalue weighted by Crippen LogP contribution is -2.50. The first-order valence-corrected chi connectivity index (χ1v) is 13.6. The van der Waals surface area contributed by atoms with Gasteiger partial charge in [0.15, 0.2) is 0 Å². The van der Waals surface area contributed by atoms with Crippen LogP contribution in [0.4, 0.5) is 0 Å². The maximum Gasteiger partial charge on any atom is 0.0588 e. The summed E-state index contributed by atoms with van der Waals surface area (Å²) in [5, 5.41) is 20.6. The summed E-state index contributed by atoms with van der Waals surface area (Å²) in [4.78, 5) is 0. The molecule has 0 aromatic heterocycles. The van der Waals surface area contributed by atoms with Crippen LogP contribution < -0.4 is 0 Å². The van der Waals surface area contributed by atoms with E-state index < -0.39 is 0 Å². The van der Waals surface area contributed by atoms with Crippen molar-refractivity contribution in [2.24, 2.45) is 39.9 Å². The van der Waals surface area contributed by atoms with Crippen LogP contribution in [0, 0.1) is 39.9 Å².